The molecule has 2 aromatic carbocycles. The van der Waals surface area contributed by atoms with Gasteiger partial charge in [-0.25, -0.2) is 8.42 Å². The van der Waals surface area contributed by atoms with Crippen molar-refractivity contribution in [3.63, 3.8) is 0 Å². The van der Waals surface area contributed by atoms with Crippen LogP contribution >= 0.6 is 11.6 Å². The van der Waals surface area contributed by atoms with Crippen LogP contribution < -0.4 is 5.11 Å². The zero-order valence-corrected chi connectivity index (χ0v) is 12.3. The summed E-state index contributed by atoms with van der Waals surface area (Å²) >= 11 is 5.67. The standard InChI is InChI=1S/C13H8ClNO6S/c14-9-2-4-10(5-3-9)22(20,21)12-6-1-8(13(16)17)7-11(12)15(18)19/h1-7H,(H,16,17)/p-1. The minimum absolute atomic E-state index is 0.193. The Balaban J connectivity index is 2.67. The predicted molar refractivity (Wildman–Crippen MR) is 74.3 cm³/mol. The molecule has 0 radical (unpaired) electrons. The van der Waals surface area contributed by atoms with E-state index in [4.69, 9.17) is 11.6 Å². The number of nitrogens with zero attached hydrogens (tertiary/aromatic N) is 1. The highest BCUT2D eigenvalue weighted by atomic mass is 35.5. The molecule has 0 fully saturated rings. The van der Waals surface area contributed by atoms with Crippen LogP contribution in [0.4, 0.5) is 5.69 Å². The van der Waals surface area contributed by atoms with Crippen molar-refractivity contribution < 1.29 is 23.2 Å². The molecule has 0 unspecified atom stereocenters. The highest BCUT2D eigenvalue weighted by Gasteiger charge is 2.28. The first kappa shape index (κ1) is 15.9. The molecule has 0 heterocycles. The summed E-state index contributed by atoms with van der Waals surface area (Å²) in [6.07, 6.45) is 0. The third-order valence-electron chi connectivity index (χ3n) is 2.80. The molecule has 0 aromatic heterocycles. The maximum Gasteiger partial charge on any atom is 0.289 e. The highest BCUT2D eigenvalue weighted by molar-refractivity contribution is 7.91. The number of aromatic carboxylic acids is 1. The van der Waals surface area contributed by atoms with Crippen molar-refractivity contribution in [1.82, 2.24) is 0 Å². The van der Waals surface area contributed by atoms with Crippen molar-refractivity contribution >= 4 is 33.1 Å². The topological polar surface area (TPSA) is 117 Å². The second kappa shape index (κ2) is 5.74. The van der Waals surface area contributed by atoms with E-state index in [1.165, 1.54) is 24.3 Å². The number of carbonyl (C=O) groups is 1. The minimum Gasteiger partial charge on any atom is -0.545 e. The maximum absolute atomic E-state index is 12.4. The van der Waals surface area contributed by atoms with Crippen LogP contribution in [0.5, 0.6) is 0 Å². The Morgan fingerprint density at radius 2 is 1.68 bits per heavy atom. The van der Waals surface area contributed by atoms with E-state index in [1.54, 1.807) is 0 Å². The zero-order valence-electron chi connectivity index (χ0n) is 10.7. The average molecular weight is 341 g/mol. The van der Waals surface area contributed by atoms with E-state index in [1.807, 2.05) is 0 Å². The summed E-state index contributed by atoms with van der Waals surface area (Å²) in [5.41, 5.74) is -1.32. The van der Waals surface area contributed by atoms with Crippen molar-refractivity contribution in [1.29, 1.82) is 0 Å². The second-order valence-electron chi connectivity index (χ2n) is 4.18. The summed E-state index contributed by atoms with van der Waals surface area (Å²) in [7, 11) is -4.19. The Hall–Kier alpha value is -2.45. The van der Waals surface area contributed by atoms with Crippen molar-refractivity contribution in [2.24, 2.45) is 0 Å². The molecule has 0 saturated carbocycles. The van der Waals surface area contributed by atoms with Gasteiger partial charge in [-0.1, -0.05) is 17.7 Å². The summed E-state index contributed by atoms with van der Waals surface area (Å²) < 4.78 is 24.9. The van der Waals surface area contributed by atoms with E-state index in [9.17, 15) is 28.4 Å². The van der Waals surface area contributed by atoms with Gasteiger partial charge in [0.1, 0.15) is 4.90 Å². The second-order valence-corrected chi connectivity index (χ2v) is 6.54. The minimum atomic E-state index is -4.19. The molecule has 0 aliphatic heterocycles. The first-order valence-electron chi connectivity index (χ1n) is 5.74. The lowest BCUT2D eigenvalue weighted by Gasteiger charge is -2.08. The quantitative estimate of drug-likeness (QED) is 0.614. The summed E-state index contributed by atoms with van der Waals surface area (Å²) in [6.45, 7) is 0. The number of hydrogen-bond donors (Lipinski definition) is 0. The van der Waals surface area contributed by atoms with Gasteiger partial charge in [0.2, 0.25) is 9.84 Å². The number of carboxylic acids is 1. The third kappa shape index (κ3) is 2.92. The van der Waals surface area contributed by atoms with Gasteiger partial charge in [-0.2, -0.15) is 0 Å². The van der Waals surface area contributed by atoms with Crippen LogP contribution in [0.15, 0.2) is 52.3 Å². The summed E-state index contributed by atoms with van der Waals surface area (Å²) in [5, 5.41) is 22.1. The number of nitro benzene ring substituents is 1. The molecule has 0 amide bonds. The lowest BCUT2D eigenvalue weighted by Crippen LogP contribution is -2.22. The predicted octanol–water partition coefficient (Wildman–Crippen LogP) is 1.44. The number of rotatable bonds is 4. The normalized spacial score (nSPS) is 11.1. The van der Waals surface area contributed by atoms with Gasteiger partial charge in [0.15, 0.2) is 0 Å². The Morgan fingerprint density at radius 1 is 1.09 bits per heavy atom. The summed E-state index contributed by atoms with van der Waals surface area (Å²) in [4.78, 5) is 20.0. The van der Waals surface area contributed by atoms with Gasteiger partial charge in [-0.3, -0.25) is 10.1 Å². The fourth-order valence-electron chi connectivity index (χ4n) is 1.75. The Bertz CT molecular complexity index is 861. The van der Waals surface area contributed by atoms with Crippen molar-refractivity contribution in [3.8, 4) is 0 Å². The molecule has 7 nitrogen and oxygen atoms in total. The smallest absolute Gasteiger partial charge is 0.289 e. The summed E-state index contributed by atoms with van der Waals surface area (Å²) in [5.74, 6) is -1.64. The average Bonchev–Trinajstić information content (AvgIpc) is 2.46. The van der Waals surface area contributed by atoms with Crippen LogP contribution in [0.2, 0.25) is 5.02 Å². The molecular formula is C13H7ClNO6S-. The van der Waals surface area contributed by atoms with Gasteiger partial charge >= 0.3 is 0 Å². The molecule has 2 aromatic rings. The first-order valence-corrected chi connectivity index (χ1v) is 7.60. The van der Waals surface area contributed by atoms with Crippen LogP contribution in [0, 0.1) is 10.1 Å². The van der Waals surface area contributed by atoms with E-state index in [0.29, 0.717) is 11.1 Å². The van der Waals surface area contributed by atoms with E-state index >= 15 is 0 Å². The van der Waals surface area contributed by atoms with Gasteiger partial charge in [0.25, 0.3) is 5.69 Å². The molecule has 2 rings (SSSR count). The van der Waals surface area contributed by atoms with Crippen molar-refractivity contribution in [2.75, 3.05) is 0 Å². The molecule has 0 atom stereocenters. The van der Waals surface area contributed by atoms with Crippen LogP contribution in [-0.4, -0.2) is 19.3 Å². The highest BCUT2D eigenvalue weighted by Crippen LogP contribution is 2.30. The van der Waals surface area contributed by atoms with Gasteiger partial charge in [-0.05, 0) is 30.3 Å². The Labute approximate surface area is 129 Å². The number of nitro groups is 1. The largest absolute Gasteiger partial charge is 0.545 e. The number of hydrogen-bond acceptors (Lipinski definition) is 6. The van der Waals surface area contributed by atoms with E-state index in [2.05, 4.69) is 0 Å². The molecule has 0 aliphatic carbocycles. The monoisotopic (exact) mass is 340 g/mol. The van der Waals surface area contributed by atoms with Gasteiger partial charge < -0.3 is 9.90 Å². The van der Waals surface area contributed by atoms with E-state index in [-0.39, 0.29) is 4.90 Å². The van der Waals surface area contributed by atoms with E-state index in [0.717, 1.165) is 12.1 Å². The fourth-order valence-corrected chi connectivity index (χ4v) is 3.29. The van der Waals surface area contributed by atoms with Crippen LogP contribution in [0.3, 0.4) is 0 Å². The van der Waals surface area contributed by atoms with Crippen LogP contribution in [0.25, 0.3) is 0 Å². The van der Waals surface area contributed by atoms with Gasteiger partial charge in [-0.15, -0.1) is 0 Å². The molecular weight excluding hydrogens is 334 g/mol. The SMILES string of the molecule is O=C([O-])c1ccc(S(=O)(=O)c2ccc(Cl)cc2)c([N+](=O)[O-])c1. The molecule has 0 N–H and O–H groups in total. The molecule has 0 saturated heterocycles. The number of halogens is 1. The fraction of sp³-hybridized carbons (Fsp3) is 0. The Kier molecular flexibility index (Phi) is 4.16. The molecule has 114 valence electrons. The summed E-state index contributed by atoms with van der Waals surface area (Å²) in [6, 6.07) is 7.52. The van der Waals surface area contributed by atoms with Crippen LogP contribution in [0.1, 0.15) is 10.4 Å². The van der Waals surface area contributed by atoms with Crippen molar-refractivity contribution in [3.05, 3.63) is 63.2 Å². The molecule has 9 heteroatoms. The van der Waals surface area contributed by atoms with Gasteiger partial charge in [0, 0.05) is 16.7 Å². The third-order valence-corrected chi connectivity index (χ3v) is 4.87. The lowest BCUT2D eigenvalue weighted by molar-refractivity contribution is -0.387. The van der Waals surface area contributed by atoms with Gasteiger partial charge in [0.05, 0.1) is 15.8 Å². The lowest BCUT2D eigenvalue weighted by atomic mass is 10.2. The maximum atomic E-state index is 12.4. The van der Waals surface area contributed by atoms with Crippen molar-refractivity contribution in [2.45, 2.75) is 9.79 Å². The molecule has 22 heavy (non-hydrogen) atoms. The number of benzene rings is 2. The Morgan fingerprint density at radius 3 is 2.18 bits per heavy atom. The molecule has 0 bridgehead atoms. The number of carbonyl (C=O) groups excluding carboxylic acids is 1. The number of carboxylic acid groups (broad SMARTS) is 1. The molecule has 0 spiro atoms. The van der Waals surface area contributed by atoms with E-state index < -0.39 is 36.9 Å². The number of sulfone groups is 1. The van der Waals surface area contributed by atoms with Crippen LogP contribution in [-0.2, 0) is 9.84 Å². The molecule has 0 aliphatic rings. The first-order chi connectivity index (χ1) is 10.2. The zero-order chi connectivity index (χ0) is 16.5.